The third kappa shape index (κ3) is 6.95. The topological polar surface area (TPSA) is 105 Å². The summed E-state index contributed by atoms with van der Waals surface area (Å²) >= 11 is 2.57. The first-order valence-corrected chi connectivity index (χ1v) is 15.1. The van der Waals surface area contributed by atoms with Crippen LogP contribution in [0.15, 0.2) is 83.8 Å². The maximum Gasteiger partial charge on any atom is 0.341 e. The zero-order valence-corrected chi connectivity index (χ0v) is 25.0. The van der Waals surface area contributed by atoms with Crippen molar-refractivity contribution in [3.8, 4) is 0 Å². The Balaban J connectivity index is 1.40. The minimum Gasteiger partial charge on any atom is -0.465 e. The molecule has 0 spiro atoms. The fourth-order valence-corrected chi connectivity index (χ4v) is 7.08. The molecule has 3 aromatic carbocycles. The number of rotatable bonds is 8. The number of methoxy groups -OCH3 is 1. The molecule has 0 bridgehead atoms. The number of carbonyl (C=O) groups is 4. The highest BCUT2D eigenvalue weighted by atomic mass is 32.2. The van der Waals surface area contributed by atoms with Crippen LogP contribution in [0.2, 0.25) is 0 Å². The number of esters is 1. The van der Waals surface area contributed by atoms with E-state index in [4.69, 9.17) is 4.74 Å². The van der Waals surface area contributed by atoms with Gasteiger partial charge in [-0.25, -0.2) is 9.18 Å². The number of thioether (sulfide) groups is 1. The van der Waals surface area contributed by atoms with E-state index in [1.165, 1.54) is 61.4 Å². The van der Waals surface area contributed by atoms with Crippen LogP contribution >= 0.6 is 23.1 Å². The Kier molecular flexibility index (Phi) is 9.22. The summed E-state index contributed by atoms with van der Waals surface area (Å²) in [5.41, 5.74) is 2.68. The summed E-state index contributed by atoms with van der Waals surface area (Å²) in [6.45, 7) is 2.35. The Morgan fingerprint density at radius 1 is 0.977 bits per heavy atom. The smallest absolute Gasteiger partial charge is 0.341 e. The van der Waals surface area contributed by atoms with E-state index < -0.39 is 17.0 Å². The molecule has 1 unspecified atom stereocenters. The Labute approximate surface area is 256 Å². The molecule has 8 nitrogen and oxygen atoms in total. The highest BCUT2D eigenvalue weighted by Gasteiger charge is 2.32. The van der Waals surface area contributed by atoms with Gasteiger partial charge in [0.05, 0.1) is 19.2 Å². The van der Waals surface area contributed by atoms with E-state index in [-0.39, 0.29) is 17.7 Å². The molecule has 0 radical (unpaired) electrons. The molecule has 0 saturated carbocycles. The zero-order chi connectivity index (χ0) is 30.5. The third-order valence-corrected chi connectivity index (χ3v) is 9.30. The molecular formula is C32H28FN3O5S2. The zero-order valence-electron chi connectivity index (χ0n) is 23.4. The standard InChI is InChI=1S/C32H28FN3O5S2/c1-19(37)36-16-15-25-26(18-36)43-31(27(25)32(40)41-2)35-30(39)28(20-7-4-3-5-8-20)42-24-10-6-9-23(17-24)34-29(38)21-11-13-22(33)14-12-21/h3-14,17,28H,15-16,18H2,1-2H3,(H,34,38)(H,35,39). The predicted octanol–water partition coefficient (Wildman–Crippen LogP) is 6.30. The van der Waals surface area contributed by atoms with Crippen molar-refractivity contribution in [3.05, 3.63) is 112 Å². The first-order valence-electron chi connectivity index (χ1n) is 13.4. The van der Waals surface area contributed by atoms with Crippen LogP contribution in [0, 0.1) is 5.82 Å². The lowest BCUT2D eigenvalue weighted by atomic mass is 10.0. The van der Waals surface area contributed by atoms with Crippen molar-refractivity contribution in [3.63, 3.8) is 0 Å². The van der Waals surface area contributed by atoms with Gasteiger partial charge in [-0.05, 0) is 60.0 Å². The van der Waals surface area contributed by atoms with E-state index in [0.29, 0.717) is 41.3 Å². The average Bonchev–Trinajstić information content (AvgIpc) is 3.37. The Morgan fingerprint density at radius 3 is 2.42 bits per heavy atom. The molecule has 0 fully saturated rings. The fourth-order valence-electron chi connectivity index (χ4n) is 4.74. The second kappa shape index (κ2) is 13.2. The summed E-state index contributed by atoms with van der Waals surface area (Å²) in [7, 11) is 1.30. The highest BCUT2D eigenvalue weighted by Crippen LogP contribution is 2.41. The lowest BCUT2D eigenvalue weighted by molar-refractivity contribution is -0.129. The number of hydrogen-bond donors (Lipinski definition) is 2. The molecule has 11 heteroatoms. The van der Waals surface area contributed by atoms with Crippen LogP contribution in [0.4, 0.5) is 15.1 Å². The van der Waals surface area contributed by atoms with Crippen molar-refractivity contribution < 1.29 is 28.3 Å². The number of thiophene rings is 1. The van der Waals surface area contributed by atoms with Crippen molar-refractivity contribution >= 4 is 57.5 Å². The summed E-state index contributed by atoms with van der Waals surface area (Å²) in [6, 6.07) is 21.6. The molecular weight excluding hydrogens is 590 g/mol. The van der Waals surface area contributed by atoms with Crippen molar-refractivity contribution in [2.45, 2.75) is 30.0 Å². The van der Waals surface area contributed by atoms with Gasteiger partial charge in [0.1, 0.15) is 16.1 Å². The molecule has 3 amide bonds. The minimum absolute atomic E-state index is 0.0547. The van der Waals surface area contributed by atoms with Crippen LogP contribution in [0.3, 0.4) is 0 Å². The van der Waals surface area contributed by atoms with Crippen molar-refractivity contribution in [2.75, 3.05) is 24.3 Å². The largest absolute Gasteiger partial charge is 0.465 e. The molecule has 4 aromatic rings. The van der Waals surface area contributed by atoms with Gasteiger partial charge >= 0.3 is 5.97 Å². The summed E-state index contributed by atoms with van der Waals surface area (Å²) in [5, 5.41) is 5.46. The third-order valence-electron chi connectivity index (χ3n) is 6.92. The quantitative estimate of drug-likeness (QED) is 0.178. The molecule has 5 rings (SSSR count). The molecule has 1 atom stereocenters. The molecule has 2 N–H and O–H groups in total. The number of nitrogens with zero attached hydrogens (tertiary/aromatic N) is 1. The van der Waals surface area contributed by atoms with Crippen LogP contribution in [0.5, 0.6) is 0 Å². The van der Waals surface area contributed by atoms with Crippen LogP contribution in [0.25, 0.3) is 0 Å². The van der Waals surface area contributed by atoms with Gasteiger partial charge < -0.3 is 20.3 Å². The van der Waals surface area contributed by atoms with Gasteiger partial charge in [0.15, 0.2) is 0 Å². The molecule has 0 aliphatic carbocycles. The maximum absolute atomic E-state index is 13.9. The number of benzene rings is 3. The maximum atomic E-state index is 13.9. The Bertz CT molecular complexity index is 1670. The fraction of sp³-hybridized carbons (Fsp3) is 0.188. The number of fused-ring (bicyclic) bond motifs is 1. The lowest BCUT2D eigenvalue weighted by Gasteiger charge is -2.25. The molecule has 1 aromatic heterocycles. The van der Waals surface area contributed by atoms with Gasteiger partial charge in [-0.1, -0.05) is 36.4 Å². The summed E-state index contributed by atoms with van der Waals surface area (Å²) in [4.78, 5) is 54.7. The lowest BCUT2D eigenvalue weighted by Crippen LogP contribution is -2.33. The van der Waals surface area contributed by atoms with Gasteiger partial charge in [0, 0.05) is 34.5 Å². The SMILES string of the molecule is COC(=O)c1c(NC(=O)C(Sc2cccc(NC(=O)c3ccc(F)cc3)c2)c2ccccc2)sc2c1CCN(C(C)=O)C2. The van der Waals surface area contributed by atoms with Crippen LogP contribution in [-0.4, -0.2) is 42.2 Å². The molecule has 1 aliphatic rings. The Hall–Kier alpha value is -4.48. The van der Waals surface area contributed by atoms with Crippen molar-refractivity contribution in [1.82, 2.24) is 4.90 Å². The molecule has 1 aliphatic heterocycles. The number of anilines is 2. The van der Waals surface area contributed by atoms with Gasteiger partial charge in [0.2, 0.25) is 11.8 Å². The van der Waals surface area contributed by atoms with Crippen molar-refractivity contribution in [2.24, 2.45) is 0 Å². The van der Waals surface area contributed by atoms with E-state index in [1.54, 1.807) is 23.1 Å². The van der Waals surface area contributed by atoms with E-state index in [1.807, 2.05) is 36.4 Å². The van der Waals surface area contributed by atoms with Crippen LogP contribution < -0.4 is 10.6 Å². The average molecular weight is 618 g/mol. The van der Waals surface area contributed by atoms with Gasteiger partial charge in [-0.15, -0.1) is 23.1 Å². The highest BCUT2D eigenvalue weighted by molar-refractivity contribution is 8.00. The monoisotopic (exact) mass is 617 g/mol. The van der Waals surface area contributed by atoms with E-state index >= 15 is 0 Å². The second-order valence-corrected chi connectivity index (χ2v) is 12.1. The van der Waals surface area contributed by atoms with E-state index in [2.05, 4.69) is 10.6 Å². The Morgan fingerprint density at radius 2 is 1.72 bits per heavy atom. The normalized spacial score (nSPS) is 13.0. The minimum atomic E-state index is -0.706. The summed E-state index contributed by atoms with van der Waals surface area (Å²) in [5.74, 6) is -1.76. The number of hydrogen-bond acceptors (Lipinski definition) is 7. The molecule has 43 heavy (non-hydrogen) atoms. The number of halogens is 1. The second-order valence-electron chi connectivity index (χ2n) is 9.78. The summed E-state index contributed by atoms with van der Waals surface area (Å²) in [6.07, 6.45) is 0.485. The molecule has 0 saturated heterocycles. The first-order chi connectivity index (χ1) is 20.7. The van der Waals surface area contributed by atoms with Gasteiger partial charge in [0.25, 0.3) is 5.91 Å². The number of carbonyl (C=O) groups excluding carboxylic acids is 4. The number of amides is 3. The molecule has 220 valence electrons. The molecule has 2 heterocycles. The predicted molar refractivity (Wildman–Crippen MR) is 165 cm³/mol. The van der Waals surface area contributed by atoms with Gasteiger partial charge in [-0.3, -0.25) is 14.4 Å². The van der Waals surface area contributed by atoms with Crippen LogP contribution in [-0.2, 0) is 27.3 Å². The van der Waals surface area contributed by atoms with Gasteiger partial charge in [-0.2, -0.15) is 0 Å². The van der Waals surface area contributed by atoms with E-state index in [0.717, 1.165) is 20.9 Å². The summed E-state index contributed by atoms with van der Waals surface area (Å²) < 4.78 is 18.3. The first kappa shape index (κ1) is 30.0. The number of ether oxygens (including phenoxy) is 1. The van der Waals surface area contributed by atoms with Crippen LogP contribution in [0.1, 0.15) is 48.9 Å². The van der Waals surface area contributed by atoms with Crippen molar-refractivity contribution in [1.29, 1.82) is 0 Å². The number of nitrogens with one attached hydrogen (secondary N) is 2. The van der Waals surface area contributed by atoms with E-state index in [9.17, 15) is 23.6 Å².